The number of carbonyl (C=O) groups is 1. The minimum Gasteiger partial charge on any atom is -0.351 e. The maximum absolute atomic E-state index is 13.4. The van der Waals surface area contributed by atoms with E-state index >= 15 is 0 Å². The Balaban J connectivity index is 1.73. The van der Waals surface area contributed by atoms with E-state index in [1.54, 1.807) is 0 Å². The van der Waals surface area contributed by atoms with Crippen molar-refractivity contribution < 1.29 is 9.53 Å². The predicted octanol–water partition coefficient (Wildman–Crippen LogP) is 4.58. The summed E-state index contributed by atoms with van der Waals surface area (Å²) in [6.45, 7) is 0.511. The van der Waals surface area contributed by atoms with Crippen molar-refractivity contribution in [1.82, 2.24) is 4.90 Å². The Kier molecular flexibility index (Phi) is 3.22. The lowest BCUT2D eigenvalue weighted by molar-refractivity contribution is 0.0255. The third-order valence-corrected chi connectivity index (χ3v) is 5.09. The summed E-state index contributed by atoms with van der Waals surface area (Å²) in [5.74, 6) is 0.0307. The lowest BCUT2D eigenvalue weighted by Gasteiger charge is -2.27. The molecular weight excluding hydrogens is 310 g/mol. The van der Waals surface area contributed by atoms with Crippen LogP contribution in [0.5, 0.6) is 0 Å². The Morgan fingerprint density at radius 3 is 2.20 bits per heavy atom. The second-order valence-corrected chi connectivity index (χ2v) is 6.46. The van der Waals surface area contributed by atoms with Gasteiger partial charge in [-0.15, -0.1) is 0 Å². The molecule has 3 heteroatoms. The highest BCUT2D eigenvalue weighted by Crippen LogP contribution is 2.46. The van der Waals surface area contributed by atoms with E-state index in [0.717, 1.165) is 27.8 Å². The van der Waals surface area contributed by atoms with Gasteiger partial charge in [-0.2, -0.15) is 0 Å². The summed E-state index contributed by atoms with van der Waals surface area (Å²) >= 11 is 0. The van der Waals surface area contributed by atoms with Gasteiger partial charge in [0.05, 0.1) is 12.6 Å². The normalized spacial score (nSPS) is 21.3. The highest BCUT2D eigenvalue weighted by Gasteiger charge is 2.43. The van der Waals surface area contributed by atoms with Gasteiger partial charge in [-0.1, -0.05) is 72.8 Å². The second kappa shape index (κ2) is 5.57. The van der Waals surface area contributed by atoms with Crippen LogP contribution in [-0.2, 0) is 4.74 Å². The Bertz CT molecular complexity index is 951. The van der Waals surface area contributed by atoms with Crippen LogP contribution in [0.15, 0.2) is 78.9 Å². The molecule has 25 heavy (non-hydrogen) atoms. The number of fused-ring (bicyclic) bond motifs is 5. The van der Waals surface area contributed by atoms with Gasteiger partial charge < -0.3 is 4.74 Å². The molecule has 3 nitrogen and oxygen atoms in total. The fourth-order valence-corrected chi connectivity index (χ4v) is 3.93. The van der Waals surface area contributed by atoms with E-state index in [9.17, 15) is 4.79 Å². The zero-order chi connectivity index (χ0) is 16.8. The number of nitrogens with zero attached hydrogens (tertiary/aromatic N) is 1. The molecule has 0 spiro atoms. The smallest absolute Gasteiger partial charge is 0.257 e. The molecule has 0 saturated carbocycles. The van der Waals surface area contributed by atoms with Crippen molar-refractivity contribution in [3.8, 4) is 11.1 Å². The molecule has 1 fully saturated rings. The molecular formula is C22H17NO2. The second-order valence-electron chi connectivity index (χ2n) is 6.46. The number of rotatable bonds is 1. The van der Waals surface area contributed by atoms with Crippen molar-refractivity contribution in [1.29, 1.82) is 0 Å². The van der Waals surface area contributed by atoms with Gasteiger partial charge in [0.2, 0.25) is 0 Å². The van der Waals surface area contributed by atoms with Crippen LogP contribution < -0.4 is 0 Å². The zero-order valence-corrected chi connectivity index (χ0v) is 13.6. The number of amides is 1. The molecule has 3 aromatic carbocycles. The maximum Gasteiger partial charge on any atom is 0.257 e. The number of ether oxygens (including phenoxy) is 1. The van der Waals surface area contributed by atoms with Crippen LogP contribution in [-0.4, -0.2) is 17.4 Å². The molecule has 0 N–H and O–H groups in total. The van der Waals surface area contributed by atoms with E-state index in [1.807, 2.05) is 59.5 Å². The first-order valence-electron chi connectivity index (χ1n) is 8.52. The Hall–Kier alpha value is -2.91. The maximum atomic E-state index is 13.4. The van der Waals surface area contributed by atoms with Crippen LogP contribution >= 0.6 is 0 Å². The van der Waals surface area contributed by atoms with Crippen LogP contribution in [0, 0.1) is 0 Å². The third kappa shape index (κ3) is 2.13. The van der Waals surface area contributed by atoms with E-state index < -0.39 is 0 Å². The molecule has 2 atom stereocenters. The number of carbonyl (C=O) groups excluding carboxylic acids is 1. The summed E-state index contributed by atoms with van der Waals surface area (Å²) in [6.07, 6.45) is -0.346. The van der Waals surface area contributed by atoms with Crippen molar-refractivity contribution in [2.24, 2.45) is 0 Å². The van der Waals surface area contributed by atoms with Gasteiger partial charge in [0.15, 0.2) is 6.23 Å². The minimum absolute atomic E-state index is 0.0307. The third-order valence-electron chi connectivity index (χ3n) is 5.09. The fraction of sp³-hybridized carbons (Fsp3) is 0.136. The first-order valence-corrected chi connectivity index (χ1v) is 8.52. The molecule has 2 aliphatic heterocycles. The minimum atomic E-state index is -0.346. The molecule has 0 radical (unpaired) electrons. The van der Waals surface area contributed by atoms with Crippen molar-refractivity contribution >= 4 is 5.91 Å². The highest BCUT2D eigenvalue weighted by atomic mass is 16.5. The molecule has 2 heterocycles. The summed E-state index contributed by atoms with van der Waals surface area (Å²) in [5.41, 5.74) is 4.96. The Morgan fingerprint density at radius 2 is 1.40 bits per heavy atom. The molecule has 5 rings (SSSR count). The molecule has 0 aromatic heterocycles. The average molecular weight is 327 g/mol. The van der Waals surface area contributed by atoms with Crippen molar-refractivity contribution in [2.75, 3.05) is 6.61 Å². The molecule has 0 bridgehead atoms. The zero-order valence-electron chi connectivity index (χ0n) is 13.6. The highest BCUT2D eigenvalue weighted by molar-refractivity contribution is 6.03. The number of hydrogen-bond acceptors (Lipinski definition) is 2. The number of hydrogen-bond donors (Lipinski definition) is 0. The summed E-state index contributed by atoms with van der Waals surface area (Å²) in [6, 6.07) is 26.1. The van der Waals surface area contributed by atoms with Gasteiger partial charge in [-0.3, -0.25) is 9.69 Å². The Morgan fingerprint density at radius 1 is 0.760 bits per heavy atom. The van der Waals surface area contributed by atoms with Crippen molar-refractivity contribution in [2.45, 2.75) is 12.3 Å². The van der Waals surface area contributed by atoms with Gasteiger partial charge in [-0.05, 0) is 22.8 Å². The van der Waals surface area contributed by atoms with Crippen molar-refractivity contribution in [3.05, 3.63) is 95.6 Å². The first-order chi connectivity index (χ1) is 12.3. The van der Waals surface area contributed by atoms with E-state index in [0.29, 0.717) is 6.61 Å². The van der Waals surface area contributed by atoms with Gasteiger partial charge in [-0.25, -0.2) is 0 Å². The van der Waals surface area contributed by atoms with Gasteiger partial charge in [0.25, 0.3) is 5.91 Å². The van der Waals surface area contributed by atoms with Crippen LogP contribution in [0.4, 0.5) is 0 Å². The lowest BCUT2D eigenvalue weighted by Crippen LogP contribution is -2.32. The van der Waals surface area contributed by atoms with Gasteiger partial charge >= 0.3 is 0 Å². The molecule has 0 aliphatic carbocycles. The fourth-order valence-electron chi connectivity index (χ4n) is 3.93. The standard InChI is InChI=1S/C22H17NO2/c24-21-18-12-6-4-10-16(18)17-11-5-7-13-19(17)22-23(21)20(14-25-22)15-8-2-1-3-9-15/h1-13,20,22H,14H2/t20-,22-/m1/s1. The lowest BCUT2D eigenvalue weighted by atomic mass is 9.96. The summed E-state index contributed by atoms with van der Waals surface area (Å²) in [7, 11) is 0. The summed E-state index contributed by atoms with van der Waals surface area (Å²) < 4.78 is 6.14. The van der Waals surface area contributed by atoms with Gasteiger partial charge in [0.1, 0.15) is 0 Å². The SMILES string of the molecule is O=C1c2ccccc2-c2ccccc2[C@H]2OC[C@H](c3ccccc3)N12. The summed E-state index contributed by atoms with van der Waals surface area (Å²) in [5, 5.41) is 0. The topological polar surface area (TPSA) is 29.5 Å². The van der Waals surface area contributed by atoms with Crippen LogP contribution in [0.2, 0.25) is 0 Å². The van der Waals surface area contributed by atoms with E-state index in [1.165, 1.54) is 0 Å². The van der Waals surface area contributed by atoms with Crippen molar-refractivity contribution in [3.63, 3.8) is 0 Å². The van der Waals surface area contributed by atoms with E-state index in [-0.39, 0.29) is 18.2 Å². The monoisotopic (exact) mass is 327 g/mol. The average Bonchev–Trinajstić information content (AvgIpc) is 3.09. The van der Waals surface area contributed by atoms with Crippen LogP contribution in [0.1, 0.15) is 33.8 Å². The van der Waals surface area contributed by atoms with Crippen LogP contribution in [0.3, 0.4) is 0 Å². The quantitative estimate of drug-likeness (QED) is 0.655. The predicted molar refractivity (Wildman–Crippen MR) is 95.9 cm³/mol. The number of benzene rings is 3. The largest absolute Gasteiger partial charge is 0.351 e. The molecule has 1 saturated heterocycles. The van der Waals surface area contributed by atoms with E-state index in [2.05, 4.69) is 24.3 Å². The first kappa shape index (κ1) is 14.4. The van der Waals surface area contributed by atoms with Gasteiger partial charge in [0, 0.05) is 11.1 Å². The van der Waals surface area contributed by atoms with Crippen LogP contribution in [0.25, 0.3) is 11.1 Å². The molecule has 3 aromatic rings. The molecule has 0 unspecified atom stereocenters. The summed E-state index contributed by atoms with van der Waals surface area (Å²) in [4.78, 5) is 15.3. The Labute approximate surface area is 146 Å². The molecule has 2 aliphatic rings. The van der Waals surface area contributed by atoms with E-state index in [4.69, 9.17) is 4.74 Å². The molecule has 1 amide bonds. The molecule has 122 valence electrons.